The van der Waals surface area contributed by atoms with Gasteiger partial charge in [0.2, 0.25) is 0 Å². The van der Waals surface area contributed by atoms with E-state index in [1.165, 1.54) is 20.8 Å². The van der Waals surface area contributed by atoms with Crippen LogP contribution in [0.4, 0.5) is 0 Å². The molecule has 1 heteroatoms. The number of fused-ring (bicyclic) bond motifs is 3. The van der Waals surface area contributed by atoms with Crippen LogP contribution >= 0.6 is 0 Å². The fraction of sp³-hybridized carbons (Fsp3) is 0.308. The molecule has 1 nitrogen and oxygen atoms in total. The second-order valence-corrected chi connectivity index (χ2v) is 7.26. The monoisotopic (exact) mass is 375 g/mol. The number of nitrogens with zero attached hydrogens (tertiary/aromatic N) is 1. The average Bonchev–Trinajstić information content (AvgIpc) is 3.25. The Morgan fingerprint density at radius 2 is 1.26 bits per heavy atom. The average molecular weight is 376 g/mol. The van der Waals surface area contributed by atoms with E-state index in [1.54, 1.807) is 0 Å². The molecule has 4 aromatic rings. The van der Waals surface area contributed by atoms with Gasteiger partial charge in [0.25, 0.3) is 0 Å². The summed E-state index contributed by atoms with van der Waals surface area (Å²) in [5.41, 5.74) is -8.85. The van der Waals surface area contributed by atoms with E-state index in [-0.39, 0.29) is 0 Å². The predicted octanol–water partition coefficient (Wildman–Crippen LogP) is 7.38. The first-order valence-corrected chi connectivity index (χ1v) is 8.17. The van der Waals surface area contributed by atoms with Crippen LogP contribution in [-0.4, -0.2) is 4.57 Å². The molecule has 0 saturated carbocycles. The lowest BCUT2D eigenvalue weighted by Crippen LogP contribution is -2.24. The van der Waals surface area contributed by atoms with E-state index in [4.69, 9.17) is 27.4 Å². The Labute approximate surface area is 190 Å². The molecule has 27 heavy (non-hydrogen) atoms. The lowest BCUT2D eigenvalue weighted by molar-refractivity contribution is 0.528. The Morgan fingerprint density at radius 3 is 1.78 bits per heavy atom. The van der Waals surface area contributed by atoms with Crippen molar-refractivity contribution in [1.29, 1.82) is 0 Å². The van der Waals surface area contributed by atoms with Crippen LogP contribution in [0.2, 0.25) is 0 Å². The molecule has 0 aliphatic carbocycles. The second-order valence-electron chi connectivity index (χ2n) is 7.26. The van der Waals surface area contributed by atoms with Gasteiger partial charge in [-0.1, -0.05) is 89.7 Å². The summed E-state index contributed by atoms with van der Waals surface area (Å²) in [6.07, 6.45) is 0. The Balaban J connectivity index is 2.63. The van der Waals surface area contributed by atoms with Crippen LogP contribution in [-0.2, 0) is 10.8 Å². The Morgan fingerprint density at radius 1 is 0.704 bits per heavy atom. The van der Waals surface area contributed by atoms with Crippen molar-refractivity contribution in [3.8, 4) is 5.69 Å². The van der Waals surface area contributed by atoms with Crippen LogP contribution in [0.3, 0.4) is 0 Å². The normalized spacial score (nSPS) is 24.9. The molecule has 0 amide bonds. The van der Waals surface area contributed by atoms with E-state index >= 15 is 0 Å². The van der Waals surface area contributed by atoms with E-state index in [2.05, 4.69) is 0 Å². The molecule has 0 unspecified atom stereocenters. The molecular weight excluding hydrogens is 326 g/mol. The number of rotatable bonds is 1. The molecule has 1 aromatic heterocycles. The van der Waals surface area contributed by atoms with Crippen molar-refractivity contribution in [2.45, 2.75) is 52.2 Å². The third kappa shape index (κ3) is 2.86. The largest absolute Gasteiger partial charge is 0.309 e. The first-order valence-electron chi connectivity index (χ1n) is 18.2. The summed E-state index contributed by atoms with van der Waals surface area (Å²) >= 11 is 0. The molecule has 0 fully saturated rings. The number of aromatic nitrogens is 1. The highest BCUT2D eigenvalue weighted by atomic mass is 15.0. The smallest absolute Gasteiger partial charge is 0.0645 e. The van der Waals surface area contributed by atoms with Gasteiger partial charge in [0.15, 0.2) is 0 Å². The van der Waals surface area contributed by atoms with Crippen molar-refractivity contribution in [1.82, 2.24) is 4.57 Å². The van der Waals surface area contributed by atoms with Gasteiger partial charge >= 0.3 is 0 Å². The van der Waals surface area contributed by atoms with Gasteiger partial charge in [0.1, 0.15) is 0 Å². The van der Waals surface area contributed by atoms with Crippen molar-refractivity contribution in [2.24, 2.45) is 0 Å². The molecule has 1 heterocycles. The molecule has 138 valence electrons. The predicted molar refractivity (Wildman–Crippen MR) is 118 cm³/mol. The molecule has 4 rings (SSSR count). The van der Waals surface area contributed by atoms with Gasteiger partial charge in [-0.3, -0.25) is 0 Å². The Kier molecular flexibility index (Phi) is 1.33. The SMILES string of the molecule is [2H]c1c([2H])c(-n2c3c([2H])c([2H])c([2H])c([2H])c3c3c([2H])c([2H])c([2H])c([2H])c32)c(C(C)(C)C)c(C(C([2H])([2H])[2H])(C([2H])([2H])[2H])C([2H])([2H])[2H])c1[2H]. The van der Waals surface area contributed by atoms with E-state index in [1.807, 2.05) is 0 Å². The standard InChI is InChI=1S/C26H29N/c1-25(2,3)20-14-11-17-23(24(20)26(4,5)6)27-21-15-9-7-12-18(21)19-13-8-10-16-22(19)27/h7-17H,1-6H3/i1D3,2D3,3D3,7D,8D,9D,10D,11D,12D,13D,14D,15D,16D,17D. The summed E-state index contributed by atoms with van der Waals surface area (Å²) in [5.74, 6) is 0. The zero-order valence-corrected chi connectivity index (χ0v) is 14.9. The Bertz CT molecular complexity index is 1870. The number of benzene rings is 3. The highest BCUT2D eigenvalue weighted by Gasteiger charge is 2.29. The van der Waals surface area contributed by atoms with Crippen molar-refractivity contribution in [3.05, 3.63) is 77.6 Å². The van der Waals surface area contributed by atoms with E-state index in [9.17, 15) is 0 Å². The molecule has 0 spiro atoms. The number of hydrogen-bond donors (Lipinski definition) is 0. The highest BCUT2D eigenvalue weighted by Crippen LogP contribution is 2.41. The summed E-state index contributed by atoms with van der Waals surface area (Å²) in [5, 5.41) is -0.844. The van der Waals surface area contributed by atoms with Crippen LogP contribution in [0.15, 0.2) is 66.5 Å². The topological polar surface area (TPSA) is 4.93 Å². The minimum absolute atomic E-state index is 0.422. The molecule has 0 atom stereocenters. The Hall–Kier alpha value is -2.54. The molecule has 0 aliphatic rings. The van der Waals surface area contributed by atoms with Gasteiger partial charge in [-0.25, -0.2) is 0 Å². The van der Waals surface area contributed by atoms with Crippen LogP contribution in [0.5, 0.6) is 0 Å². The fourth-order valence-corrected chi connectivity index (χ4v) is 3.22. The van der Waals surface area contributed by atoms with Crippen molar-refractivity contribution < 1.29 is 27.4 Å². The molecule has 0 bridgehead atoms. The molecule has 0 N–H and O–H groups in total. The number of hydrogen-bond acceptors (Lipinski definition) is 0. The first-order chi connectivity index (χ1) is 21.0. The molecule has 0 aliphatic heterocycles. The third-order valence-electron chi connectivity index (χ3n) is 4.24. The lowest BCUT2D eigenvalue weighted by atomic mass is 9.74. The minimum atomic E-state index is -3.90. The summed E-state index contributed by atoms with van der Waals surface area (Å²) in [6.45, 7) is -7.54. The van der Waals surface area contributed by atoms with Crippen LogP contribution in [0.25, 0.3) is 27.5 Å². The molecular formula is C26H29N. The van der Waals surface area contributed by atoms with Crippen molar-refractivity contribution >= 4 is 21.8 Å². The first kappa shape index (κ1) is 5.98. The summed E-state index contributed by atoms with van der Waals surface area (Å²) < 4.78 is 171. The van der Waals surface area contributed by atoms with Crippen molar-refractivity contribution in [3.63, 3.8) is 0 Å². The molecule has 3 aromatic carbocycles. The quantitative estimate of drug-likeness (QED) is 0.327. The van der Waals surface area contributed by atoms with Gasteiger partial charge in [0, 0.05) is 23.1 Å². The fourth-order valence-electron chi connectivity index (χ4n) is 3.22. The van der Waals surface area contributed by atoms with Crippen LogP contribution in [0, 0.1) is 0 Å². The van der Waals surface area contributed by atoms with Gasteiger partial charge in [-0.05, 0) is 40.1 Å². The lowest BCUT2D eigenvalue weighted by Gasteiger charge is -2.33. The second kappa shape index (κ2) is 5.99. The van der Waals surface area contributed by atoms with Crippen molar-refractivity contribution in [2.75, 3.05) is 0 Å². The van der Waals surface area contributed by atoms with Crippen LogP contribution < -0.4 is 0 Å². The van der Waals surface area contributed by atoms with E-state index in [0.717, 1.165) is 4.57 Å². The number of para-hydroxylation sites is 2. The van der Waals surface area contributed by atoms with E-state index in [0.29, 0.717) is 0 Å². The van der Waals surface area contributed by atoms with Gasteiger partial charge in [0.05, 0.1) is 31.8 Å². The summed E-state index contributed by atoms with van der Waals surface area (Å²) in [6, 6.07) is -9.48. The zero-order valence-electron chi connectivity index (χ0n) is 34.9. The maximum atomic E-state index is 9.06. The van der Waals surface area contributed by atoms with Gasteiger partial charge in [-0.15, -0.1) is 0 Å². The van der Waals surface area contributed by atoms with Gasteiger partial charge < -0.3 is 4.57 Å². The summed E-state index contributed by atoms with van der Waals surface area (Å²) in [7, 11) is 0. The minimum Gasteiger partial charge on any atom is -0.309 e. The maximum absolute atomic E-state index is 9.06. The zero-order chi connectivity index (χ0) is 36.5. The van der Waals surface area contributed by atoms with Crippen LogP contribution in [0.1, 0.15) is 79.9 Å². The summed E-state index contributed by atoms with van der Waals surface area (Å²) in [4.78, 5) is 0. The van der Waals surface area contributed by atoms with E-state index < -0.39 is 136 Å². The van der Waals surface area contributed by atoms with Gasteiger partial charge in [-0.2, -0.15) is 0 Å². The highest BCUT2D eigenvalue weighted by molar-refractivity contribution is 6.09. The third-order valence-corrected chi connectivity index (χ3v) is 4.24. The molecule has 0 radical (unpaired) electrons. The molecule has 0 saturated heterocycles. The maximum Gasteiger partial charge on any atom is 0.0645 e.